The van der Waals surface area contributed by atoms with Crippen LogP contribution in [0, 0.1) is 6.92 Å². The van der Waals surface area contributed by atoms with Gasteiger partial charge in [0.05, 0.1) is 29.5 Å². The van der Waals surface area contributed by atoms with E-state index in [0.29, 0.717) is 12.1 Å². The summed E-state index contributed by atoms with van der Waals surface area (Å²) < 4.78 is 0. The molecule has 3 rings (SSSR count). The number of aryl methyl sites for hydroxylation is 1. The smallest absolute Gasteiger partial charge is 0.251 e. The zero-order valence-corrected chi connectivity index (χ0v) is 11.7. The molecule has 2 aromatic carbocycles. The Balaban J connectivity index is 1.74. The highest BCUT2D eigenvalue weighted by molar-refractivity contribution is 5.95. The number of benzene rings is 2. The number of carbonyl (C=O) groups excluding carboxylic acids is 1. The molecule has 21 heavy (non-hydrogen) atoms. The van der Waals surface area contributed by atoms with Gasteiger partial charge in [0, 0.05) is 5.56 Å². The van der Waals surface area contributed by atoms with E-state index >= 15 is 0 Å². The Morgan fingerprint density at radius 3 is 2.57 bits per heavy atom. The zero-order valence-electron chi connectivity index (χ0n) is 11.7. The van der Waals surface area contributed by atoms with Crippen molar-refractivity contribution in [3.63, 3.8) is 0 Å². The van der Waals surface area contributed by atoms with Gasteiger partial charge in [0.2, 0.25) is 0 Å². The Hall–Kier alpha value is -2.75. The second kappa shape index (κ2) is 5.71. The van der Waals surface area contributed by atoms with E-state index < -0.39 is 0 Å². The Morgan fingerprint density at radius 2 is 1.76 bits per heavy atom. The molecule has 0 fully saturated rings. The van der Waals surface area contributed by atoms with Gasteiger partial charge < -0.3 is 5.32 Å². The summed E-state index contributed by atoms with van der Waals surface area (Å²) >= 11 is 0. The number of nitrogens with one attached hydrogen (secondary N) is 1. The molecule has 1 N–H and O–H groups in total. The minimum Gasteiger partial charge on any atom is -0.346 e. The number of rotatable bonds is 3. The van der Waals surface area contributed by atoms with Gasteiger partial charge in [0.15, 0.2) is 0 Å². The highest BCUT2D eigenvalue weighted by Gasteiger charge is 2.08. The molecule has 3 aromatic rings. The lowest BCUT2D eigenvalue weighted by Crippen LogP contribution is -2.24. The minimum atomic E-state index is -0.0944. The van der Waals surface area contributed by atoms with Crippen molar-refractivity contribution in [2.75, 3.05) is 0 Å². The SMILES string of the molecule is Cc1ccccc1C(=O)NCc1cnc2ccccc2n1. The van der Waals surface area contributed by atoms with Crippen molar-refractivity contribution < 1.29 is 4.79 Å². The van der Waals surface area contributed by atoms with E-state index in [9.17, 15) is 4.79 Å². The third-order valence-electron chi connectivity index (χ3n) is 3.32. The number of nitrogens with zero attached hydrogens (tertiary/aromatic N) is 2. The van der Waals surface area contributed by atoms with Crippen LogP contribution < -0.4 is 5.32 Å². The van der Waals surface area contributed by atoms with Crippen molar-refractivity contribution in [1.82, 2.24) is 15.3 Å². The highest BCUT2D eigenvalue weighted by Crippen LogP contribution is 2.09. The number of aromatic nitrogens is 2. The summed E-state index contributed by atoms with van der Waals surface area (Å²) in [7, 11) is 0. The molecule has 0 aliphatic rings. The quantitative estimate of drug-likeness (QED) is 0.801. The largest absolute Gasteiger partial charge is 0.346 e. The zero-order chi connectivity index (χ0) is 14.7. The van der Waals surface area contributed by atoms with Gasteiger partial charge in [-0.05, 0) is 30.7 Å². The molecular weight excluding hydrogens is 262 g/mol. The van der Waals surface area contributed by atoms with Crippen LogP contribution in [0.2, 0.25) is 0 Å². The minimum absolute atomic E-state index is 0.0944. The second-order valence-corrected chi connectivity index (χ2v) is 4.85. The summed E-state index contributed by atoms with van der Waals surface area (Å²) in [6.45, 7) is 2.29. The molecule has 1 aromatic heterocycles. The van der Waals surface area contributed by atoms with E-state index in [1.807, 2.05) is 55.5 Å². The summed E-state index contributed by atoms with van der Waals surface area (Å²) in [5, 5.41) is 2.88. The van der Waals surface area contributed by atoms with Gasteiger partial charge in [0.1, 0.15) is 0 Å². The van der Waals surface area contributed by atoms with Crippen LogP contribution >= 0.6 is 0 Å². The lowest BCUT2D eigenvalue weighted by Gasteiger charge is -2.07. The Bertz CT molecular complexity index is 799. The Kier molecular flexibility index (Phi) is 3.60. The third kappa shape index (κ3) is 2.89. The number of fused-ring (bicyclic) bond motifs is 1. The molecule has 4 nitrogen and oxygen atoms in total. The first-order valence-corrected chi connectivity index (χ1v) is 6.78. The van der Waals surface area contributed by atoms with Gasteiger partial charge in [-0.15, -0.1) is 0 Å². The van der Waals surface area contributed by atoms with Gasteiger partial charge in [-0.2, -0.15) is 0 Å². The fourth-order valence-electron chi connectivity index (χ4n) is 2.17. The number of carbonyl (C=O) groups is 1. The lowest BCUT2D eigenvalue weighted by molar-refractivity contribution is 0.0950. The maximum absolute atomic E-state index is 12.1. The van der Waals surface area contributed by atoms with Crippen molar-refractivity contribution in [2.24, 2.45) is 0 Å². The fourth-order valence-corrected chi connectivity index (χ4v) is 2.17. The Morgan fingerprint density at radius 1 is 1.05 bits per heavy atom. The van der Waals surface area contributed by atoms with E-state index in [-0.39, 0.29) is 5.91 Å². The molecule has 1 amide bonds. The first kappa shape index (κ1) is 13.2. The van der Waals surface area contributed by atoms with Crippen molar-refractivity contribution in [2.45, 2.75) is 13.5 Å². The first-order chi connectivity index (χ1) is 10.2. The van der Waals surface area contributed by atoms with E-state index in [1.54, 1.807) is 6.20 Å². The molecule has 0 aliphatic carbocycles. The van der Waals surface area contributed by atoms with Crippen LogP contribution in [0.1, 0.15) is 21.6 Å². The van der Waals surface area contributed by atoms with Crippen molar-refractivity contribution in [3.8, 4) is 0 Å². The van der Waals surface area contributed by atoms with Crippen molar-refractivity contribution >= 4 is 16.9 Å². The van der Waals surface area contributed by atoms with E-state index in [0.717, 1.165) is 22.3 Å². The summed E-state index contributed by atoms with van der Waals surface area (Å²) in [6.07, 6.45) is 1.69. The molecule has 0 saturated carbocycles. The van der Waals surface area contributed by atoms with Gasteiger partial charge in [0.25, 0.3) is 5.91 Å². The number of para-hydroxylation sites is 2. The van der Waals surface area contributed by atoms with Crippen molar-refractivity contribution in [1.29, 1.82) is 0 Å². The van der Waals surface area contributed by atoms with Crippen LogP contribution in [0.5, 0.6) is 0 Å². The second-order valence-electron chi connectivity index (χ2n) is 4.85. The highest BCUT2D eigenvalue weighted by atomic mass is 16.1. The molecular formula is C17H15N3O. The van der Waals surface area contributed by atoms with Crippen LogP contribution in [0.15, 0.2) is 54.7 Å². The topological polar surface area (TPSA) is 54.9 Å². The average Bonchev–Trinajstić information content (AvgIpc) is 2.53. The van der Waals surface area contributed by atoms with Gasteiger partial charge in [-0.3, -0.25) is 9.78 Å². The normalized spacial score (nSPS) is 10.5. The summed E-state index contributed by atoms with van der Waals surface area (Å²) in [5.41, 5.74) is 4.08. The van der Waals surface area contributed by atoms with E-state index in [4.69, 9.17) is 0 Å². The average molecular weight is 277 g/mol. The molecule has 4 heteroatoms. The standard InChI is InChI=1S/C17H15N3O/c1-12-6-2-3-7-14(12)17(21)19-11-13-10-18-15-8-4-5-9-16(15)20-13/h2-10H,11H2,1H3,(H,19,21). The Labute approximate surface area is 122 Å². The van der Waals surface area contributed by atoms with Gasteiger partial charge in [-0.25, -0.2) is 4.98 Å². The molecule has 0 atom stereocenters. The fraction of sp³-hybridized carbons (Fsp3) is 0.118. The predicted molar refractivity (Wildman–Crippen MR) is 81.9 cm³/mol. The molecule has 0 bridgehead atoms. The number of hydrogen-bond donors (Lipinski definition) is 1. The van der Waals surface area contributed by atoms with Crippen LogP contribution in [0.25, 0.3) is 11.0 Å². The molecule has 0 radical (unpaired) electrons. The summed E-state index contributed by atoms with van der Waals surface area (Å²) in [5.74, 6) is -0.0944. The third-order valence-corrected chi connectivity index (χ3v) is 3.32. The van der Waals surface area contributed by atoms with Crippen molar-refractivity contribution in [3.05, 3.63) is 71.5 Å². The molecule has 1 heterocycles. The van der Waals surface area contributed by atoms with Crippen LogP contribution in [0.4, 0.5) is 0 Å². The number of hydrogen-bond acceptors (Lipinski definition) is 3. The maximum Gasteiger partial charge on any atom is 0.251 e. The van der Waals surface area contributed by atoms with Crippen LogP contribution in [-0.2, 0) is 6.54 Å². The molecule has 0 saturated heterocycles. The van der Waals surface area contributed by atoms with E-state index in [1.165, 1.54) is 0 Å². The first-order valence-electron chi connectivity index (χ1n) is 6.78. The van der Waals surface area contributed by atoms with Crippen LogP contribution in [0.3, 0.4) is 0 Å². The molecule has 0 spiro atoms. The van der Waals surface area contributed by atoms with Gasteiger partial charge >= 0.3 is 0 Å². The summed E-state index contributed by atoms with van der Waals surface area (Å²) in [6, 6.07) is 15.2. The molecule has 0 aliphatic heterocycles. The maximum atomic E-state index is 12.1. The molecule has 0 unspecified atom stereocenters. The lowest BCUT2D eigenvalue weighted by atomic mass is 10.1. The monoisotopic (exact) mass is 277 g/mol. The number of amides is 1. The predicted octanol–water partition coefficient (Wildman–Crippen LogP) is 2.87. The molecule has 104 valence electrons. The van der Waals surface area contributed by atoms with Gasteiger partial charge in [-0.1, -0.05) is 30.3 Å². The van der Waals surface area contributed by atoms with E-state index in [2.05, 4.69) is 15.3 Å². The summed E-state index contributed by atoms with van der Waals surface area (Å²) in [4.78, 5) is 21.0. The van der Waals surface area contributed by atoms with Crippen LogP contribution in [-0.4, -0.2) is 15.9 Å².